The molecule has 4 nitrogen and oxygen atoms in total. The monoisotopic (exact) mass is 274 g/mol. The average Bonchev–Trinajstić information content (AvgIpc) is 2.80. The van der Waals surface area contributed by atoms with Crippen LogP contribution in [0.3, 0.4) is 0 Å². The number of ether oxygens (including phenoxy) is 1. The third-order valence-electron chi connectivity index (χ3n) is 4.72. The molecule has 1 aliphatic heterocycles. The molecule has 1 aromatic rings. The van der Waals surface area contributed by atoms with Crippen LogP contribution < -0.4 is 0 Å². The van der Waals surface area contributed by atoms with Crippen LogP contribution in [-0.2, 0) is 16.0 Å². The van der Waals surface area contributed by atoms with Crippen LogP contribution in [0.15, 0.2) is 24.5 Å². The van der Waals surface area contributed by atoms with Crippen LogP contribution in [0.4, 0.5) is 0 Å². The molecular weight excluding hydrogens is 252 g/mol. The molecule has 0 aromatic carbocycles. The lowest BCUT2D eigenvalue weighted by atomic mass is 9.84. The Kier molecular flexibility index (Phi) is 4.01. The molecular formula is C16H22N2O2. The van der Waals surface area contributed by atoms with Crippen molar-refractivity contribution in [3.05, 3.63) is 30.1 Å². The normalized spacial score (nSPS) is 26.6. The zero-order valence-corrected chi connectivity index (χ0v) is 12.0. The minimum atomic E-state index is 0.159. The number of amides is 1. The van der Waals surface area contributed by atoms with E-state index in [1.165, 1.54) is 12.0 Å². The summed E-state index contributed by atoms with van der Waals surface area (Å²) in [7, 11) is 1.75. The molecule has 1 aromatic heterocycles. The predicted octanol–water partition coefficient (Wildman–Crippen LogP) is 2.04. The summed E-state index contributed by atoms with van der Waals surface area (Å²) in [6.07, 6.45) is 8.92. The molecule has 1 aliphatic carbocycles. The fourth-order valence-corrected chi connectivity index (χ4v) is 3.27. The summed E-state index contributed by atoms with van der Waals surface area (Å²) in [5, 5.41) is 0. The molecule has 0 N–H and O–H groups in total. The highest BCUT2D eigenvalue weighted by Crippen LogP contribution is 2.32. The number of aromatic nitrogens is 1. The predicted molar refractivity (Wildman–Crippen MR) is 76.2 cm³/mol. The number of nitrogens with zero attached hydrogens (tertiary/aromatic N) is 2. The van der Waals surface area contributed by atoms with Crippen molar-refractivity contribution in [2.75, 3.05) is 13.7 Å². The van der Waals surface area contributed by atoms with Gasteiger partial charge in [0.1, 0.15) is 0 Å². The lowest BCUT2D eigenvalue weighted by Gasteiger charge is -2.34. The zero-order valence-electron chi connectivity index (χ0n) is 12.0. The van der Waals surface area contributed by atoms with Crippen LogP contribution in [0.25, 0.3) is 0 Å². The third kappa shape index (κ3) is 2.57. The van der Waals surface area contributed by atoms with Crippen LogP contribution in [0.1, 0.15) is 31.2 Å². The molecule has 1 amide bonds. The van der Waals surface area contributed by atoms with Crippen LogP contribution in [0.2, 0.25) is 0 Å². The highest BCUT2D eigenvalue weighted by molar-refractivity contribution is 5.80. The van der Waals surface area contributed by atoms with E-state index in [1.807, 2.05) is 24.5 Å². The Labute approximate surface area is 120 Å². The first-order chi connectivity index (χ1) is 9.79. The summed E-state index contributed by atoms with van der Waals surface area (Å²) in [4.78, 5) is 18.7. The molecule has 0 unspecified atom stereocenters. The number of hydrogen-bond donors (Lipinski definition) is 0. The molecule has 0 spiro atoms. The Morgan fingerprint density at radius 3 is 2.70 bits per heavy atom. The Bertz CT molecular complexity index is 459. The molecule has 1 saturated carbocycles. The molecule has 20 heavy (non-hydrogen) atoms. The van der Waals surface area contributed by atoms with Crippen molar-refractivity contribution < 1.29 is 9.53 Å². The van der Waals surface area contributed by atoms with Crippen molar-refractivity contribution in [2.45, 2.75) is 44.2 Å². The second-order valence-electron chi connectivity index (χ2n) is 5.85. The third-order valence-corrected chi connectivity index (χ3v) is 4.72. The van der Waals surface area contributed by atoms with Gasteiger partial charge in [0.2, 0.25) is 5.91 Å². The van der Waals surface area contributed by atoms with Crippen LogP contribution >= 0.6 is 0 Å². The average molecular weight is 274 g/mol. The maximum Gasteiger partial charge on any atom is 0.226 e. The number of likely N-dealkylation sites (tertiary alicyclic amines) is 1. The largest absolute Gasteiger partial charge is 0.379 e. The smallest absolute Gasteiger partial charge is 0.226 e. The minimum absolute atomic E-state index is 0.159. The van der Waals surface area contributed by atoms with E-state index in [1.54, 1.807) is 7.11 Å². The van der Waals surface area contributed by atoms with Gasteiger partial charge in [-0.2, -0.15) is 0 Å². The summed E-state index contributed by atoms with van der Waals surface area (Å²) in [6.45, 7) is 0.837. The van der Waals surface area contributed by atoms with Gasteiger partial charge in [-0.1, -0.05) is 6.42 Å². The lowest BCUT2D eigenvalue weighted by molar-refractivity contribution is -0.140. The Morgan fingerprint density at radius 2 is 2.10 bits per heavy atom. The van der Waals surface area contributed by atoms with Crippen molar-refractivity contribution in [3.63, 3.8) is 0 Å². The van der Waals surface area contributed by atoms with Gasteiger partial charge in [-0.15, -0.1) is 0 Å². The van der Waals surface area contributed by atoms with E-state index in [0.29, 0.717) is 5.91 Å². The number of hydrogen-bond acceptors (Lipinski definition) is 3. The molecule has 2 aliphatic rings. The van der Waals surface area contributed by atoms with Crippen molar-refractivity contribution in [1.29, 1.82) is 0 Å². The Balaban J connectivity index is 1.73. The molecule has 0 bridgehead atoms. The first-order valence-corrected chi connectivity index (χ1v) is 7.52. The van der Waals surface area contributed by atoms with Gasteiger partial charge in [-0.3, -0.25) is 9.78 Å². The van der Waals surface area contributed by atoms with E-state index >= 15 is 0 Å². The van der Waals surface area contributed by atoms with Crippen molar-refractivity contribution in [3.8, 4) is 0 Å². The Hall–Kier alpha value is -1.42. The fourth-order valence-electron chi connectivity index (χ4n) is 3.27. The molecule has 4 heteroatoms. The maximum absolute atomic E-state index is 12.5. The molecule has 0 radical (unpaired) electrons. The molecule has 108 valence electrons. The van der Waals surface area contributed by atoms with E-state index in [0.717, 1.165) is 32.2 Å². The van der Waals surface area contributed by atoms with Crippen LogP contribution in [0.5, 0.6) is 0 Å². The van der Waals surface area contributed by atoms with E-state index in [-0.39, 0.29) is 18.1 Å². The zero-order chi connectivity index (χ0) is 13.9. The highest BCUT2D eigenvalue weighted by Gasteiger charge is 2.40. The molecule has 2 fully saturated rings. The topological polar surface area (TPSA) is 42.4 Å². The molecule has 2 heterocycles. The number of rotatable bonds is 4. The van der Waals surface area contributed by atoms with Crippen molar-refractivity contribution in [2.24, 2.45) is 5.92 Å². The molecule has 3 rings (SSSR count). The van der Waals surface area contributed by atoms with Crippen LogP contribution in [-0.4, -0.2) is 41.6 Å². The maximum atomic E-state index is 12.5. The van der Waals surface area contributed by atoms with Gasteiger partial charge < -0.3 is 9.64 Å². The summed E-state index contributed by atoms with van der Waals surface area (Å²) in [5.41, 5.74) is 1.22. The summed E-state index contributed by atoms with van der Waals surface area (Å²) < 4.78 is 5.60. The van der Waals surface area contributed by atoms with Gasteiger partial charge in [0.25, 0.3) is 0 Å². The summed E-state index contributed by atoms with van der Waals surface area (Å²) >= 11 is 0. The van der Waals surface area contributed by atoms with Gasteiger partial charge in [0.15, 0.2) is 0 Å². The lowest BCUT2D eigenvalue weighted by Crippen LogP contribution is -2.45. The van der Waals surface area contributed by atoms with Crippen molar-refractivity contribution in [1.82, 2.24) is 9.88 Å². The first kappa shape index (κ1) is 13.6. The number of carbonyl (C=O) groups excluding carboxylic acids is 1. The van der Waals surface area contributed by atoms with Gasteiger partial charge in [0, 0.05) is 32.0 Å². The first-order valence-electron chi connectivity index (χ1n) is 7.52. The summed E-state index contributed by atoms with van der Waals surface area (Å²) in [5.74, 6) is 0.611. The molecule has 1 saturated heterocycles. The van der Waals surface area contributed by atoms with E-state index < -0.39 is 0 Å². The molecule has 2 atom stereocenters. The standard InChI is InChI=1S/C16H22N2O2/c1-20-15-7-10-18(16(19)13-3-2-4-13)14(15)11-12-5-8-17-9-6-12/h5-6,8-9,13-15H,2-4,7,10-11H2,1H3/t14-,15-/m1/s1. The number of methoxy groups -OCH3 is 1. The Morgan fingerprint density at radius 1 is 1.35 bits per heavy atom. The van der Waals surface area contributed by atoms with Gasteiger partial charge >= 0.3 is 0 Å². The van der Waals surface area contributed by atoms with E-state index in [2.05, 4.69) is 9.88 Å². The van der Waals surface area contributed by atoms with E-state index in [4.69, 9.17) is 4.74 Å². The van der Waals surface area contributed by atoms with Gasteiger partial charge in [-0.25, -0.2) is 0 Å². The van der Waals surface area contributed by atoms with E-state index in [9.17, 15) is 4.79 Å². The quantitative estimate of drug-likeness (QED) is 0.844. The fraction of sp³-hybridized carbons (Fsp3) is 0.625. The second-order valence-corrected chi connectivity index (χ2v) is 5.85. The van der Waals surface area contributed by atoms with Crippen LogP contribution in [0, 0.1) is 5.92 Å². The highest BCUT2D eigenvalue weighted by atomic mass is 16.5. The van der Waals surface area contributed by atoms with Gasteiger partial charge in [-0.05, 0) is 43.4 Å². The van der Waals surface area contributed by atoms with Gasteiger partial charge in [0.05, 0.1) is 12.1 Å². The SMILES string of the molecule is CO[C@@H]1CCN(C(=O)C2CCC2)[C@@H]1Cc1ccncc1. The number of carbonyl (C=O) groups is 1. The van der Waals surface area contributed by atoms with Crippen molar-refractivity contribution >= 4 is 5.91 Å². The second kappa shape index (κ2) is 5.92. The summed E-state index contributed by atoms with van der Waals surface area (Å²) in [6, 6.07) is 4.23. The number of pyridine rings is 1. The minimum Gasteiger partial charge on any atom is -0.379 e.